The third kappa shape index (κ3) is 2.60. The van der Waals surface area contributed by atoms with E-state index in [1.165, 1.54) is 12.8 Å². The van der Waals surface area contributed by atoms with E-state index in [-0.39, 0.29) is 18.0 Å². The van der Waals surface area contributed by atoms with Crippen LogP contribution in [0.15, 0.2) is 12.4 Å². The fourth-order valence-corrected chi connectivity index (χ4v) is 2.78. The van der Waals surface area contributed by atoms with Crippen molar-refractivity contribution in [1.29, 1.82) is 0 Å². The van der Waals surface area contributed by atoms with Crippen molar-refractivity contribution in [3.8, 4) is 0 Å². The van der Waals surface area contributed by atoms with E-state index in [2.05, 4.69) is 15.3 Å². The van der Waals surface area contributed by atoms with Crippen molar-refractivity contribution < 1.29 is 4.79 Å². The van der Waals surface area contributed by atoms with Crippen LogP contribution < -0.4 is 16.0 Å². The zero-order valence-electron chi connectivity index (χ0n) is 11.7. The number of rotatable bonds is 4. The van der Waals surface area contributed by atoms with Gasteiger partial charge < -0.3 is 16.0 Å². The van der Waals surface area contributed by atoms with E-state index in [9.17, 15) is 4.79 Å². The Balaban J connectivity index is 1.82. The molecule has 2 heterocycles. The summed E-state index contributed by atoms with van der Waals surface area (Å²) in [5.41, 5.74) is 7.12. The number of nitrogens with zero attached hydrogens (tertiary/aromatic N) is 3. The van der Waals surface area contributed by atoms with Crippen molar-refractivity contribution in [1.82, 2.24) is 15.3 Å². The first-order valence-corrected chi connectivity index (χ1v) is 7.31. The highest BCUT2D eigenvalue weighted by Crippen LogP contribution is 2.39. The molecule has 0 spiro atoms. The number of carbonyl (C=O) groups is 1. The number of nitrogens with one attached hydrogen (secondary N) is 1. The normalized spacial score (nSPS) is 25.8. The average Bonchev–Trinajstić information content (AvgIpc) is 3.22. The summed E-state index contributed by atoms with van der Waals surface area (Å²) in [6, 6.07) is 1.82. The molecule has 0 bridgehead atoms. The van der Waals surface area contributed by atoms with Crippen LogP contribution in [0.25, 0.3) is 0 Å². The fraction of sp³-hybridized carbons (Fsp3) is 0.643. The number of carbonyl (C=O) groups excluding carboxylic acids is 1. The van der Waals surface area contributed by atoms with Gasteiger partial charge in [-0.25, -0.2) is 9.97 Å². The van der Waals surface area contributed by atoms with Crippen LogP contribution in [0, 0.1) is 0 Å². The molecule has 3 rings (SSSR count). The van der Waals surface area contributed by atoms with Gasteiger partial charge in [0.2, 0.25) is 5.91 Å². The summed E-state index contributed by atoms with van der Waals surface area (Å²) in [6.45, 7) is 3.23. The van der Waals surface area contributed by atoms with E-state index in [0.717, 1.165) is 11.5 Å². The van der Waals surface area contributed by atoms with Gasteiger partial charge in [0, 0.05) is 36.8 Å². The second-order valence-electron chi connectivity index (χ2n) is 5.63. The second-order valence-corrected chi connectivity index (χ2v) is 5.63. The molecule has 2 fully saturated rings. The molecule has 1 amide bonds. The molecule has 1 aliphatic heterocycles. The summed E-state index contributed by atoms with van der Waals surface area (Å²) >= 11 is 0. The van der Waals surface area contributed by atoms with Crippen LogP contribution in [0.2, 0.25) is 0 Å². The number of aromatic nitrogens is 2. The summed E-state index contributed by atoms with van der Waals surface area (Å²) in [6.07, 6.45) is 4.68. The van der Waals surface area contributed by atoms with Gasteiger partial charge in [0.15, 0.2) is 0 Å². The van der Waals surface area contributed by atoms with Crippen LogP contribution in [-0.4, -0.2) is 41.0 Å². The Morgan fingerprint density at radius 1 is 1.50 bits per heavy atom. The lowest BCUT2D eigenvalue weighted by molar-refractivity contribution is -0.122. The van der Waals surface area contributed by atoms with E-state index in [0.29, 0.717) is 25.4 Å². The first-order chi connectivity index (χ1) is 9.69. The highest BCUT2D eigenvalue weighted by molar-refractivity contribution is 5.85. The van der Waals surface area contributed by atoms with E-state index in [4.69, 9.17) is 5.73 Å². The van der Waals surface area contributed by atoms with Crippen LogP contribution in [0.4, 0.5) is 5.82 Å². The zero-order chi connectivity index (χ0) is 14.1. The molecule has 1 aromatic rings. The maximum Gasteiger partial charge on any atom is 0.242 e. The molecule has 1 aromatic heterocycles. The molecule has 6 nitrogen and oxygen atoms in total. The van der Waals surface area contributed by atoms with E-state index < -0.39 is 0 Å². The zero-order valence-corrected chi connectivity index (χ0v) is 11.7. The van der Waals surface area contributed by atoms with Gasteiger partial charge in [0.25, 0.3) is 0 Å². The van der Waals surface area contributed by atoms with Crippen molar-refractivity contribution in [2.45, 2.75) is 44.2 Å². The first kappa shape index (κ1) is 13.3. The van der Waals surface area contributed by atoms with Crippen LogP contribution in [0.3, 0.4) is 0 Å². The second kappa shape index (κ2) is 5.36. The number of likely N-dealkylation sites (N-methyl/N-ethyl adjacent to an activating group) is 1. The molecule has 2 aliphatic rings. The predicted octanol–water partition coefficient (Wildman–Crippen LogP) is 0.396. The number of hydrogen-bond acceptors (Lipinski definition) is 5. The maximum absolute atomic E-state index is 12.2. The summed E-state index contributed by atoms with van der Waals surface area (Å²) in [7, 11) is 0. The number of amides is 1. The number of nitrogens with two attached hydrogens (primary N) is 1. The Hall–Kier alpha value is -1.69. The first-order valence-electron chi connectivity index (χ1n) is 7.31. The molecular formula is C14H21N5O. The predicted molar refractivity (Wildman–Crippen MR) is 76.4 cm³/mol. The molecule has 0 radical (unpaired) electrons. The van der Waals surface area contributed by atoms with Crippen LogP contribution in [-0.2, 0) is 4.79 Å². The highest BCUT2D eigenvalue weighted by atomic mass is 16.2. The quantitative estimate of drug-likeness (QED) is 0.830. The Kier molecular flexibility index (Phi) is 3.56. The molecule has 0 unspecified atom stereocenters. The Morgan fingerprint density at radius 2 is 2.30 bits per heavy atom. The molecular weight excluding hydrogens is 254 g/mol. The molecule has 0 aromatic carbocycles. The smallest absolute Gasteiger partial charge is 0.242 e. The standard InChI is InChI=1S/C14H21N5O/c1-2-16-14(20)12-5-10(15)7-19(12)13-6-11(9-3-4-9)17-8-18-13/h6,8-10,12H,2-5,7,15H2,1H3,(H,16,20)/t10-,12+/m1/s1. The SMILES string of the molecule is CCNC(=O)[C@@H]1C[C@@H](N)CN1c1cc(C2CC2)ncn1. The molecule has 6 heteroatoms. The van der Waals surface area contributed by atoms with Crippen molar-refractivity contribution in [2.75, 3.05) is 18.0 Å². The highest BCUT2D eigenvalue weighted by Gasteiger charge is 2.36. The minimum absolute atomic E-state index is 0.0157. The van der Waals surface area contributed by atoms with Gasteiger partial charge in [-0.05, 0) is 26.2 Å². The van der Waals surface area contributed by atoms with Gasteiger partial charge in [0.05, 0.1) is 0 Å². The third-order valence-corrected chi connectivity index (χ3v) is 3.95. The lowest BCUT2D eigenvalue weighted by Crippen LogP contribution is -2.43. The minimum atomic E-state index is -0.216. The number of anilines is 1. The monoisotopic (exact) mass is 275 g/mol. The number of hydrogen-bond donors (Lipinski definition) is 2. The molecule has 1 aliphatic carbocycles. The van der Waals surface area contributed by atoms with Crippen LogP contribution >= 0.6 is 0 Å². The largest absolute Gasteiger partial charge is 0.355 e. The van der Waals surface area contributed by atoms with Crippen molar-refractivity contribution in [2.24, 2.45) is 5.73 Å². The Morgan fingerprint density at radius 3 is 3.00 bits per heavy atom. The molecule has 1 saturated heterocycles. The third-order valence-electron chi connectivity index (χ3n) is 3.95. The lowest BCUT2D eigenvalue weighted by Gasteiger charge is -2.24. The van der Waals surface area contributed by atoms with Gasteiger partial charge in [0.1, 0.15) is 18.2 Å². The molecule has 108 valence electrons. The summed E-state index contributed by atoms with van der Waals surface area (Å²) in [4.78, 5) is 22.8. The van der Waals surface area contributed by atoms with Crippen LogP contribution in [0.1, 0.15) is 37.8 Å². The molecule has 3 N–H and O–H groups in total. The van der Waals surface area contributed by atoms with Crippen molar-refractivity contribution in [3.05, 3.63) is 18.1 Å². The molecule has 1 saturated carbocycles. The van der Waals surface area contributed by atoms with Crippen molar-refractivity contribution >= 4 is 11.7 Å². The summed E-state index contributed by atoms with van der Waals surface area (Å²) in [5.74, 6) is 1.44. The summed E-state index contributed by atoms with van der Waals surface area (Å²) < 4.78 is 0. The Labute approximate surface area is 118 Å². The van der Waals surface area contributed by atoms with E-state index >= 15 is 0 Å². The van der Waals surface area contributed by atoms with E-state index in [1.807, 2.05) is 17.9 Å². The van der Waals surface area contributed by atoms with E-state index in [1.54, 1.807) is 6.33 Å². The molecule has 20 heavy (non-hydrogen) atoms. The average molecular weight is 275 g/mol. The van der Waals surface area contributed by atoms with Gasteiger partial charge in [-0.15, -0.1) is 0 Å². The fourth-order valence-electron chi connectivity index (χ4n) is 2.78. The lowest BCUT2D eigenvalue weighted by atomic mass is 10.1. The van der Waals surface area contributed by atoms with Gasteiger partial charge in [-0.1, -0.05) is 0 Å². The van der Waals surface area contributed by atoms with Crippen LogP contribution in [0.5, 0.6) is 0 Å². The summed E-state index contributed by atoms with van der Waals surface area (Å²) in [5, 5.41) is 2.88. The minimum Gasteiger partial charge on any atom is -0.355 e. The van der Waals surface area contributed by atoms with Gasteiger partial charge in [-0.3, -0.25) is 4.79 Å². The maximum atomic E-state index is 12.2. The van der Waals surface area contributed by atoms with Gasteiger partial charge >= 0.3 is 0 Å². The van der Waals surface area contributed by atoms with Crippen molar-refractivity contribution in [3.63, 3.8) is 0 Å². The topological polar surface area (TPSA) is 84.1 Å². The Bertz CT molecular complexity index is 502. The molecule has 2 atom stereocenters. The van der Waals surface area contributed by atoms with Gasteiger partial charge in [-0.2, -0.15) is 0 Å².